The fraction of sp³-hybridized carbons (Fsp3) is 0.333. The average Bonchev–Trinajstić information content (AvgIpc) is 3.07. The summed E-state index contributed by atoms with van der Waals surface area (Å²) in [5, 5.41) is 6.78. The number of aliphatic imine (C=N–C) groups is 1. The van der Waals surface area contributed by atoms with Crippen LogP contribution in [0.15, 0.2) is 59.7 Å². The molecule has 1 aromatic carbocycles. The fourth-order valence-corrected chi connectivity index (χ4v) is 2.97. The number of nitrogens with zero attached hydrogens (tertiary/aromatic N) is 3. The molecule has 0 bridgehead atoms. The highest BCUT2D eigenvalue weighted by Crippen LogP contribution is 2.21. The monoisotopic (exact) mass is 477 g/mol. The van der Waals surface area contributed by atoms with Crippen molar-refractivity contribution in [2.45, 2.75) is 32.7 Å². The molecule has 5 nitrogen and oxygen atoms in total. The van der Waals surface area contributed by atoms with Crippen LogP contribution >= 0.6 is 24.0 Å². The third kappa shape index (κ3) is 5.22. The number of aryl methyl sites for hydroxylation is 1. The van der Waals surface area contributed by atoms with Crippen molar-refractivity contribution in [1.29, 1.82) is 0 Å². The number of halogens is 1. The number of pyridine rings is 1. The molecule has 144 valence electrons. The molecule has 2 N–H and O–H groups in total. The van der Waals surface area contributed by atoms with Gasteiger partial charge in [0.1, 0.15) is 5.65 Å². The van der Waals surface area contributed by atoms with Crippen LogP contribution in [0.25, 0.3) is 5.65 Å². The predicted molar refractivity (Wildman–Crippen MR) is 123 cm³/mol. The van der Waals surface area contributed by atoms with Crippen LogP contribution in [-0.2, 0) is 12.0 Å². The molecule has 0 atom stereocenters. The molecule has 0 aliphatic rings. The Labute approximate surface area is 178 Å². The standard InChI is InChI=1S/C21H27N5.HI/c1-16-9-8-12-19-25-18(14-26(16)19)13-23-20(22-4)24-15-21(2,3)17-10-6-5-7-11-17;/h5-12,14H,13,15H2,1-4H3,(H2,22,23,24);1H. The highest BCUT2D eigenvalue weighted by molar-refractivity contribution is 14.0. The van der Waals surface area contributed by atoms with Crippen LogP contribution in [0.3, 0.4) is 0 Å². The van der Waals surface area contributed by atoms with Crippen LogP contribution in [0.2, 0.25) is 0 Å². The van der Waals surface area contributed by atoms with E-state index in [4.69, 9.17) is 0 Å². The molecule has 0 spiro atoms. The topological polar surface area (TPSA) is 53.7 Å². The summed E-state index contributed by atoms with van der Waals surface area (Å²) < 4.78 is 2.10. The second kappa shape index (κ2) is 9.21. The average molecular weight is 477 g/mol. The number of hydrogen-bond donors (Lipinski definition) is 2. The van der Waals surface area contributed by atoms with Crippen LogP contribution in [0, 0.1) is 6.92 Å². The number of fused-ring (bicyclic) bond motifs is 1. The van der Waals surface area contributed by atoms with Crippen molar-refractivity contribution in [2.24, 2.45) is 4.99 Å². The van der Waals surface area contributed by atoms with Gasteiger partial charge in [0, 0.05) is 30.9 Å². The molecular formula is C21H28IN5. The zero-order chi connectivity index (χ0) is 18.6. The molecule has 0 saturated heterocycles. The van der Waals surface area contributed by atoms with E-state index in [-0.39, 0.29) is 29.4 Å². The minimum atomic E-state index is 0. The summed E-state index contributed by atoms with van der Waals surface area (Å²) in [4.78, 5) is 8.99. The molecule has 0 aliphatic heterocycles. The third-order valence-electron chi connectivity index (χ3n) is 4.66. The van der Waals surface area contributed by atoms with Crippen molar-refractivity contribution < 1.29 is 0 Å². The van der Waals surface area contributed by atoms with Gasteiger partial charge in [-0.1, -0.05) is 50.2 Å². The van der Waals surface area contributed by atoms with Crippen molar-refractivity contribution in [2.75, 3.05) is 13.6 Å². The van der Waals surface area contributed by atoms with Crippen molar-refractivity contribution in [3.63, 3.8) is 0 Å². The summed E-state index contributed by atoms with van der Waals surface area (Å²) in [5.74, 6) is 0.780. The van der Waals surface area contributed by atoms with Gasteiger partial charge in [0.15, 0.2) is 5.96 Å². The van der Waals surface area contributed by atoms with Crippen molar-refractivity contribution >= 4 is 35.6 Å². The minimum Gasteiger partial charge on any atom is -0.356 e. The van der Waals surface area contributed by atoms with Gasteiger partial charge in [-0.05, 0) is 24.6 Å². The zero-order valence-electron chi connectivity index (χ0n) is 16.4. The van der Waals surface area contributed by atoms with E-state index in [1.54, 1.807) is 7.05 Å². The van der Waals surface area contributed by atoms with Crippen molar-refractivity contribution in [1.82, 2.24) is 20.0 Å². The molecule has 0 saturated carbocycles. The Bertz CT molecular complexity index is 899. The van der Waals surface area contributed by atoms with E-state index in [1.807, 2.05) is 18.2 Å². The molecule has 3 aromatic rings. The molecular weight excluding hydrogens is 449 g/mol. The Morgan fingerprint density at radius 1 is 1.07 bits per heavy atom. The second-order valence-electron chi connectivity index (χ2n) is 7.16. The van der Waals surface area contributed by atoms with E-state index >= 15 is 0 Å². The van der Waals surface area contributed by atoms with E-state index in [9.17, 15) is 0 Å². The minimum absolute atomic E-state index is 0. The van der Waals surface area contributed by atoms with Crippen molar-refractivity contribution in [3.05, 3.63) is 71.7 Å². The highest BCUT2D eigenvalue weighted by Gasteiger charge is 2.20. The first-order valence-corrected chi connectivity index (χ1v) is 8.93. The normalized spacial score (nSPS) is 11.9. The number of benzene rings is 1. The predicted octanol–water partition coefficient (Wildman–Crippen LogP) is 3.90. The van der Waals surface area contributed by atoms with Gasteiger partial charge < -0.3 is 15.0 Å². The number of nitrogens with one attached hydrogen (secondary N) is 2. The van der Waals surface area contributed by atoms with Gasteiger partial charge in [-0.3, -0.25) is 4.99 Å². The lowest BCUT2D eigenvalue weighted by atomic mass is 9.85. The van der Waals surface area contributed by atoms with E-state index in [2.05, 4.69) is 82.3 Å². The maximum atomic E-state index is 4.65. The highest BCUT2D eigenvalue weighted by atomic mass is 127. The van der Waals surface area contributed by atoms with Gasteiger partial charge in [-0.25, -0.2) is 4.98 Å². The Kier molecular flexibility index (Phi) is 7.24. The van der Waals surface area contributed by atoms with E-state index in [1.165, 1.54) is 11.3 Å². The first-order chi connectivity index (χ1) is 12.5. The summed E-state index contributed by atoms with van der Waals surface area (Å²) in [7, 11) is 1.79. The molecule has 0 fully saturated rings. The summed E-state index contributed by atoms with van der Waals surface area (Å²) in [6, 6.07) is 16.7. The lowest BCUT2D eigenvalue weighted by molar-refractivity contribution is 0.508. The Balaban J connectivity index is 0.00000261. The smallest absolute Gasteiger partial charge is 0.191 e. The largest absolute Gasteiger partial charge is 0.356 e. The number of hydrogen-bond acceptors (Lipinski definition) is 2. The molecule has 0 radical (unpaired) electrons. The molecule has 0 aliphatic carbocycles. The fourth-order valence-electron chi connectivity index (χ4n) is 2.97. The Morgan fingerprint density at radius 3 is 2.48 bits per heavy atom. The first kappa shape index (κ1) is 21.2. The molecule has 2 heterocycles. The van der Waals surface area contributed by atoms with Crippen LogP contribution in [-0.4, -0.2) is 28.9 Å². The Morgan fingerprint density at radius 2 is 1.81 bits per heavy atom. The van der Waals surface area contributed by atoms with Crippen molar-refractivity contribution in [3.8, 4) is 0 Å². The maximum absolute atomic E-state index is 4.65. The SMILES string of the molecule is CN=C(NCc1cn2c(C)cccc2n1)NCC(C)(C)c1ccccc1.I. The number of rotatable bonds is 5. The summed E-state index contributed by atoms with van der Waals surface area (Å²) in [6.07, 6.45) is 2.07. The number of imidazole rings is 1. The van der Waals surface area contributed by atoms with Gasteiger partial charge in [0.05, 0.1) is 12.2 Å². The molecule has 0 unspecified atom stereocenters. The molecule has 6 heteroatoms. The van der Waals surface area contributed by atoms with E-state index < -0.39 is 0 Å². The molecule has 3 rings (SSSR count). The number of aromatic nitrogens is 2. The van der Waals surface area contributed by atoms with Crippen LogP contribution in [0.1, 0.15) is 30.8 Å². The third-order valence-corrected chi connectivity index (χ3v) is 4.66. The molecule has 2 aromatic heterocycles. The van der Waals surface area contributed by atoms with Gasteiger partial charge >= 0.3 is 0 Å². The van der Waals surface area contributed by atoms with Crippen LogP contribution in [0.5, 0.6) is 0 Å². The maximum Gasteiger partial charge on any atom is 0.191 e. The van der Waals surface area contributed by atoms with Gasteiger partial charge in [-0.2, -0.15) is 0 Å². The lowest BCUT2D eigenvalue weighted by Gasteiger charge is -2.26. The van der Waals surface area contributed by atoms with Gasteiger partial charge in [0.25, 0.3) is 0 Å². The van der Waals surface area contributed by atoms with Gasteiger partial charge in [-0.15, -0.1) is 24.0 Å². The van der Waals surface area contributed by atoms with E-state index in [0.29, 0.717) is 6.54 Å². The van der Waals surface area contributed by atoms with Crippen LogP contribution < -0.4 is 10.6 Å². The molecule has 0 amide bonds. The number of guanidine groups is 1. The molecule has 27 heavy (non-hydrogen) atoms. The summed E-state index contributed by atoms with van der Waals surface area (Å²) in [5.41, 5.74) is 4.45. The summed E-state index contributed by atoms with van der Waals surface area (Å²) >= 11 is 0. The van der Waals surface area contributed by atoms with Gasteiger partial charge in [0.2, 0.25) is 0 Å². The second-order valence-corrected chi connectivity index (χ2v) is 7.16. The zero-order valence-corrected chi connectivity index (χ0v) is 18.7. The Hall–Kier alpha value is -2.09. The lowest BCUT2D eigenvalue weighted by Crippen LogP contribution is -2.43. The first-order valence-electron chi connectivity index (χ1n) is 8.93. The van der Waals surface area contributed by atoms with Crippen LogP contribution in [0.4, 0.5) is 0 Å². The summed E-state index contributed by atoms with van der Waals surface area (Å²) in [6.45, 7) is 7.96. The van der Waals surface area contributed by atoms with E-state index in [0.717, 1.165) is 23.8 Å². The quantitative estimate of drug-likeness (QED) is 0.333.